The molecule has 0 radical (unpaired) electrons. The Kier molecular flexibility index (Phi) is 17.9. The van der Waals surface area contributed by atoms with Crippen molar-refractivity contribution in [2.45, 2.75) is 91.4 Å². The van der Waals surface area contributed by atoms with Crippen LogP contribution in [0.3, 0.4) is 0 Å². The quantitative estimate of drug-likeness (QED) is 0.307. The second-order valence-electron chi connectivity index (χ2n) is 6.25. The van der Waals surface area contributed by atoms with Crippen molar-refractivity contribution < 1.29 is 9.47 Å². The molecule has 0 bridgehead atoms. The Morgan fingerprint density at radius 2 is 1.00 bits per heavy atom. The molecule has 0 spiro atoms. The van der Waals surface area contributed by atoms with Crippen molar-refractivity contribution in [1.82, 2.24) is 0 Å². The van der Waals surface area contributed by atoms with Crippen LogP contribution in [-0.4, -0.2) is 26.4 Å². The Bertz CT molecular complexity index is 164. The van der Waals surface area contributed by atoms with Crippen LogP contribution in [0.5, 0.6) is 0 Å². The van der Waals surface area contributed by atoms with Crippen molar-refractivity contribution >= 4 is 0 Å². The van der Waals surface area contributed by atoms with E-state index < -0.39 is 0 Å². The topological polar surface area (TPSA) is 18.5 Å². The first-order valence-corrected chi connectivity index (χ1v) is 9.50. The summed E-state index contributed by atoms with van der Waals surface area (Å²) >= 11 is 0. The molecule has 0 aliphatic carbocycles. The smallest absolute Gasteiger partial charge is 0.0516 e. The van der Waals surface area contributed by atoms with Gasteiger partial charge in [-0.3, -0.25) is 0 Å². The first kappa shape index (κ1) is 20.9. The summed E-state index contributed by atoms with van der Waals surface area (Å²) < 4.78 is 11.6. The van der Waals surface area contributed by atoms with Gasteiger partial charge in [0.2, 0.25) is 0 Å². The molecule has 0 atom stereocenters. The summed E-state index contributed by atoms with van der Waals surface area (Å²) in [6.45, 7) is 10.4. The lowest BCUT2D eigenvalue weighted by Gasteiger charge is -2.15. The van der Waals surface area contributed by atoms with Gasteiger partial charge >= 0.3 is 0 Å². The van der Waals surface area contributed by atoms with Gasteiger partial charge in [0.05, 0.1) is 13.2 Å². The van der Waals surface area contributed by atoms with Crippen LogP contribution in [0.1, 0.15) is 91.4 Å². The Labute approximate surface area is 134 Å². The highest BCUT2D eigenvalue weighted by molar-refractivity contribution is 4.55. The highest BCUT2D eigenvalue weighted by atomic mass is 16.5. The molecule has 0 aliphatic rings. The highest BCUT2D eigenvalue weighted by Gasteiger charge is 2.06. The second kappa shape index (κ2) is 18.0. The summed E-state index contributed by atoms with van der Waals surface area (Å²) in [5, 5.41) is 0. The summed E-state index contributed by atoms with van der Waals surface area (Å²) in [6.07, 6.45) is 14.3. The molecule has 0 N–H and O–H groups in total. The number of hydrogen-bond donors (Lipinski definition) is 0. The van der Waals surface area contributed by atoms with Gasteiger partial charge in [-0.2, -0.15) is 0 Å². The average molecular weight is 301 g/mol. The Morgan fingerprint density at radius 1 is 0.571 bits per heavy atom. The van der Waals surface area contributed by atoms with E-state index in [1.54, 1.807) is 0 Å². The fourth-order valence-electron chi connectivity index (χ4n) is 2.40. The lowest BCUT2D eigenvalue weighted by atomic mass is 10.1. The lowest BCUT2D eigenvalue weighted by Crippen LogP contribution is -2.16. The second-order valence-corrected chi connectivity index (χ2v) is 6.25. The molecule has 2 heteroatoms. The van der Waals surface area contributed by atoms with E-state index >= 15 is 0 Å². The Balaban J connectivity index is 3.29. The maximum Gasteiger partial charge on any atom is 0.0516 e. The third-order valence-electron chi connectivity index (χ3n) is 4.07. The van der Waals surface area contributed by atoms with Crippen LogP contribution >= 0.6 is 0 Å². The summed E-state index contributed by atoms with van der Waals surface area (Å²) in [7, 11) is 0. The minimum absolute atomic E-state index is 0.580. The number of unbranched alkanes of at least 4 members (excludes halogenated alkanes) is 8. The van der Waals surface area contributed by atoms with Gasteiger partial charge in [-0.15, -0.1) is 0 Å². The van der Waals surface area contributed by atoms with Crippen LogP contribution in [0.4, 0.5) is 0 Å². The fourth-order valence-corrected chi connectivity index (χ4v) is 2.40. The van der Waals surface area contributed by atoms with Crippen molar-refractivity contribution in [3.63, 3.8) is 0 Å². The molecule has 0 saturated carbocycles. The molecule has 0 aromatic heterocycles. The molecule has 2 nitrogen and oxygen atoms in total. The summed E-state index contributed by atoms with van der Waals surface area (Å²) in [5.41, 5.74) is 0. The van der Waals surface area contributed by atoms with E-state index in [9.17, 15) is 0 Å². The average Bonchev–Trinajstić information content (AvgIpc) is 2.51. The molecular weight excluding hydrogens is 260 g/mol. The molecule has 128 valence electrons. The van der Waals surface area contributed by atoms with E-state index in [4.69, 9.17) is 9.47 Å². The van der Waals surface area contributed by atoms with Crippen LogP contribution in [0.2, 0.25) is 0 Å². The molecule has 0 aromatic carbocycles. The molecular formula is C19H40O2. The maximum atomic E-state index is 5.80. The normalized spacial score (nSPS) is 11.4. The van der Waals surface area contributed by atoms with E-state index in [0.29, 0.717) is 5.92 Å². The molecule has 0 saturated heterocycles. The zero-order valence-corrected chi connectivity index (χ0v) is 15.0. The Morgan fingerprint density at radius 3 is 1.38 bits per heavy atom. The van der Waals surface area contributed by atoms with Gasteiger partial charge in [0.15, 0.2) is 0 Å². The van der Waals surface area contributed by atoms with Crippen LogP contribution in [-0.2, 0) is 9.47 Å². The lowest BCUT2D eigenvalue weighted by molar-refractivity contribution is 0.0354. The van der Waals surface area contributed by atoms with Crippen LogP contribution in [0.15, 0.2) is 0 Å². The van der Waals surface area contributed by atoms with E-state index in [-0.39, 0.29) is 0 Å². The summed E-state index contributed by atoms with van der Waals surface area (Å²) in [5.74, 6) is 0.580. The van der Waals surface area contributed by atoms with Gasteiger partial charge in [-0.25, -0.2) is 0 Å². The monoisotopic (exact) mass is 300 g/mol. The standard InChI is InChI=1S/C19H40O2/c1-4-7-9-11-13-15-20-17-19(6-3)18-21-16-14-12-10-8-5-2/h19H,4-18H2,1-3H3. The van der Waals surface area contributed by atoms with Gasteiger partial charge in [0.25, 0.3) is 0 Å². The van der Waals surface area contributed by atoms with Gasteiger partial charge in [-0.05, 0) is 19.3 Å². The first-order valence-electron chi connectivity index (χ1n) is 9.50. The van der Waals surface area contributed by atoms with Crippen molar-refractivity contribution in [2.75, 3.05) is 26.4 Å². The van der Waals surface area contributed by atoms with Crippen molar-refractivity contribution in [3.05, 3.63) is 0 Å². The SMILES string of the molecule is CCCCCCCOCC(CC)COCCCCCCC. The number of hydrogen-bond acceptors (Lipinski definition) is 2. The molecule has 0 amide bonds. The minimum atomic E-state index is 0.580. The van der Waals surface area contributed by atoms with Crippen molar-refractivity contribution in [1.29, 1.82) is 0 Å². The molecule has 0 fully saturated rings. The fraction of sp³-hybridized carbons (Fsp3) is 1.00. The van der Waals surface area contributed by atoms with Crippen molar-refractivity contribution in [2.24, 2.45) is 5.92 Å². The van der Waals surface area contributed by atoms with Crippen LogP contribution in [0, 0.1) is 5.92 Å². The molecule has 0 aromatic rings. The third-order valence-corrected chi connectivity index (χ3v) is 4.07. The predicted molar refractivity (Wildman–Crippen MR) is 92.9 cm³/mol. The van der Waals surface area contributed by atoms with E-state index in [2.05, 4.69) is 20.8 Å². The first-order chi connectivity index (χ1) is 10.3. The molecule has 0 heterocycles. The van der Waals surface area contributed by atoms with Crippen LogP contribution in [0.25, 0.3) is 0 Å². The molecule has 0 unspecified atom stereocenters. The van der Waals surface area contributed by atoms with E-state index in [0.717, 1.165) is 32.8 Å². The largest absolute Gasteiger partial charge is 0.381 e. The van der Waals surface area contributed by atoms with Gasteiger partial charge in [0, 0.05) is 19.1 Å². The highest BCUT2D eigenvalue weighted by Crippen LogP contribution is 2.08. The van der Waals surface area contributed by atoms with Gasteiger partial charge in [-0.1, -0.05) is 72.1 Å². The predicted octanol–water partition coefficient (Wildman–Crippen LogP) is 5.99. The zero-order chi connectivity index (χ0) is 15.6. The molecule has 21 heavy (non-hydrogen) atoms. The minimum Gasteiger partial charge on any atom is -0.381 e. The van der Waals surface area contributed by atoms with E-state index in [1.165, 1.54) is 64.2 Å². The maximum absolute atomic E-state index is 5.80. The summed E-state index contributed by atoms with van der Waals surface area (Å²) in [4.78, 5) is 0. The number of rotatable bonds is 17. The van der Waals surface area contributed by atoms with Crippen LogP contribution < -0.4 is 0 Å². The third kappa shape index (κ3) is 16.1. The summed E-state index contributed by atoms with van der Waals surface area (Å²) in [6, 6.07) is 0. The number of ether oxygens (including phenoxy) is 2. The zero-order valence-electron chi connectivity index (χ0n) is 15.0. The molecule has 0 rings (SSSR count). The molecule has 0 aliphatic heterocycles. The van der Waals surface area contributed by atoms with E-state index in [1.807, 2.05) is 0 Å². The van der Waals surface area contributed by atoms with Crippen molar-refractivity contribution in [3.8, 4) is 0 Å². The van der Waals surface area contributed by atoms with Gasteiger partial charge < -0.3 is 9.47 Å². The van der Waals surface area contributed by atoms with Gasteiger partial charge in [0.1, 0.15) is 0 Å². The Hall–Kier alpha value is -0.0800.